The Labute approximate surface area is 146 Å². The number of halogens is 1. The van der Waals surface area contributed by atoms with Gasteiger partial charge >= 0.3 is 0 Å². The first-order chi connectivity index (χ1) is 10.6. The van der Waals surface area contributed by atoms with E-state index in [9.17, 15) is 4.79 Å². The Morgan fingerprint density at radius 2 is 2.22 bits per heavy atom. The van der Waals surface area contributed by atoms with E-state index in [0.717, 1.165) is 38.2 Å². The van der Waals surface area contributed by atoms with E-state index in [1.807, 2.05) is 23.1 Å². The number of nitrogens with zero attached hydrogens (tertiary/aromatic N) is 1. The Morgan fingerprint density at radius 3 is 2.83 bits per heavy atom. The molecule has 1 atom stereocenters. The van der Waals surface area contributed by atoms with Gasteiger partial charge in [0.1, 0.15) is 5.75 Å². The van der Waals surface area contributed by atoms with E-state index in [1.165, 1.54) is 5.56 Å². The summed E-state index contributed by atoms with van der Waals surface area (Å²) in [6.45, 7) is 9.24. The number of amides is 1. The molecule has 0 spiro atoms. The number of ether oxygens (including phenoxy) is 1. The Balaban J connectivity index is 0.00000264. The molecule has 1 aliphatic rings. The van der Waals surface area contributed by atoms with Gasteiger partial charge in [0.2, 0.25) is 0 Å². The molecule has 5 heteroatoms. The second-order valence-corrected chi connectivity index (χ2v) is 6.25. The number of hydrogen-bond acceptors (Lipinski definition) is 3. The lowest BCUT2D eigenvalue weighted by atomic mass is 10.0. The van der Waals surface area contributed by atoms with Gasteiger partial charge in [-0.1, -0.05) is 32.9 Å². The largest absolute Gasteiger partial charge is 0.484 e. The van der Waals surface area contributed by atoms with E-state index >= 15 is 0 Å². The highest BCUT2D eigenvalue weighted by molar-refractivity contribution is 5.85. The first-order valence-corrected chi connectivity index (χ1v) is 8.34. The molecule has 1 N–H and O–H groups in total. The van der Waals surface area contributed by atoms with Crippen LogP contribution in [0.4, 0.5) is 0 Å². The van der Waals surface area contributed by atoms with E-state index in [1.54, 1.807) is 0 Å². The van der Waals surface area contributed by atoms with E-state index in [-0.39, 0.29) is 24.9 Å². The number of benzene rings is 1. The van der Waals surface area contributed by atoms with Crippen LogP contribution >= 0.6 is 12.4 Å². The number of carbonyl (C=O) groups excluding carboxylic acids is 1. The van der Waals surface area contributed by atoms with Crippen molar-refractivity contribution < 1.29 is 9.53 Å². The summed E-state index contributed by atoms with van der Waals surface area (Å²) in [6.07, 6.45) is 2.01. The van der Waals surface area contributed by atoms with Crippen molar-refractivity contribution in [1.82, 2.24) is 10.2 Å². The number of nitrogens with one attached hydrogen (secondary N) is 1. The molecule has 0 saturated carbocycles. The normalized spacial score (nSPS) is 17.0. The molecule has 0 radical (unpaired) electrons. The number of carbonyl (C=O) groups is 1. The van der Waals surface area contributed by atoms with E-state index in [4.69, 9.17) is 4.74 Å². The average Bonchev–Trinajstić information content (AvgIpc) is 3.04. The molecule has 0 bridgehead atoms. The molecular formula is C18H29ClN2O2. The zero-order valence-corrected chi connectivity index (χ0v) is 15.2. The highest BCUT2D eigenvalue weighted by atomic mass is 35.5. The van der Waals surface area contributed by atoms with Crippen molar-refractivity contribution in [3.8, 4) is 5.75 Å². The molecule has 1 heterocycles. The zero-order chi connectivity index (χ0) is 15.9. The van der Waals surface area contributed by atoms with Gasteiger partial charge in [-0.15, -0.1) is 12.4 Å². The third-order valence-corrected chi connectivity index (χ3v) is 4.15. The van der Waals surface area contributed by atoms with E-state index < -0.39 is 0 Å². The zero-order valence-electron chi connectivity index (χ0n) is 14.4. The van der Waals surface area contributed by atoms with Crippen LogP contribution in [0.1, 0.15) is 45.1 Å². The van der Waals surface area contributed by atoms with Gasteiger partial charge < -0.3 is 15.0 Å². The molecule has 0 aromatic heterocycles. The van der Waals surface area contributed by atoms with Crippen molar-refractivity contribution in [1.29, 1.82) is 0 Å². The molecule has 4 nitrogen and oxygen atoms in total. The van der Waals surface area contributed by atoms with Crippen LogP contribution in [0.25, 0.3) is 0 Å². The van der Waals surface area contributed by atoms with Crippen molar-refractivity contribution in [2.24, 2.45) is 0 Å². The summed E-state index contributed by atoms with van der Waals surface area (Å²) in [5, 5.41) is 3.33. The number of hydrogen-bond donors (Lipinski definition) is 1. The molecule has 0 aliphatic carbocycles. The predicted octanol–water partition coefficient (Wildman–Crippen LogP) is 3.21. The highest BCUT2D eigenvalue weighted by Gasteiger charge is 2.25. The van der Waals surface area contributed by atoms with Crippen molar-refractivity contribution in [2.45, 2.75) is 45.6 Å². The second-order valence-electron chi connectivity index (χ2n) is 6.25. The van der Waals surface area contributed by atoms with Gasteiger partial charge in [-0.3, -0.25) is 4.79 Å². The average molecular weight is 341 g/mol. The van der Waals surface area contributed by atoms with E-state index in [0.29, 0.717) is 12.0 Å². The predicted molar refractivity (Wildman–Crippen MR) is 96.6 cm³/mol. The second kappa shape index (κ2) is 9.78. The lowest BCUT2D eigenvalue weighted by molar-refractivity contribution is -0.135. The molecule has 1 amide bonds. The Bertz CT molecular complexity index is 488. The third-order valence-electron chi connectivity index (χ3n) is 4.15. The topological polar surface area (TPSA) is 41.6 Å². The Kier molecular flexibility index (Phi) is 8.42. The lowest BCUT2D eigenvalue weighted by Gasteiger charge is -2.28. The maximum absolute atomic E-state index is 12.5. The maximum Gasteiger partial charge on any atom is 0.260 e. The van der Waals surface area contributed by atoms with Gasteiger partial charge in [0.25, 0.3) is 5.91 Å². The van der Waals surface area contributed by atoms with Crippen LogP contribution in [0.5, 0.6) is 5.75 Å². The molecule has 1 aliphatic heterocycles. The number of rotatable bonds is 7. The Morgan fingerprint density at radius 1 is 1.43 bits per heavy atom. The van der Waals surface area contributed by atoms with Crippen molar-refractivity contribution in [2.75, 3.05) is 26.2 Å². The van der Waals surface area contributed by atoms with Crippen molar-refractivity contribution >= 4 is 18.3 Å². The maximum atomic E-state index is 12.5. The minimum Gasteiger partial charge on any atom is -0.484 e. The smallest absolute Gasteiger partial charge is 0.260 e. The Hall–Kier alpha value is -1.26. The summed E-state index contributed by atoms with van der Waals surface area (Å²) in [4.78, 5) is 14.5. The monoisotopic (exact) mass is 340 g/mol. The lowest BCUT2D eigenvalue weighted by Crippen LogP contribution is -2.44. The molecule has 1 unspecified atom stereocenters. The summed E-state index contributed by atoms with van der Waals surface area (Å²) >= 11 is 0. The quantitative estimate of drug-likeness (QED) is 0.828. The summed E-state index contributed by atoms with van der Waals surface area (Å²) in [7, 11) is 0. The minimum atomic E-state index is 0. The van der Waals surface area contributed by atoms with Crippen LogP contribution in [0, 0.1) is 0 Å². The molecule has 1 aromatic rings. The third kappa shape index (κ3) is 5.70. The fraction of sp³-hybridized carbons (Fsp3) is 0.611. The van der Waals surface area contributed by atoms with Gasteiger partial charge in [0.05, 0.1) is 0 Å². The molecule has 2 rings (SSSR count). The van der Waals surface area contributed by atoms with Crippen LogP contribution in [0.3, 0.4) is 0 Å². The summed E-state index contributed by atoms with van der Waals surface area (Å²) in [6, 6.07) is 8.34. The van der Waals surface area contributed by atoms with Gasteiger partial charge in [-0.25, -0.2) is 0 Å². The summed E-state index contributed by atoms with van der Waals surface area (Å²) < 4.78 is 5.73. The SMILES string of the molecule is CCCN(C(=O)COc1cccc(C(C)C)c1)C1CCNC1.Cl. The van der Waals surface area contributed by atoms with Crippen LogP contribution < -0.4 is 10.1 Å². The van der Waals surface area contributed by atoms with Gasteiger partial charge in [0.15, 0.2) is 6.61 Å². The van der Waals surface area contributed by atoms with Gasteiger partial charge in [0, 0.05) is 19.1 Å². The van der Waals surface area contributed by atoms with Crippen LogP contribution in [-0.2, 0) is 4.79 Å². The summed E-state index contributed by atoms with van der Waals surface area (Å²) in [5.41, 5.74) is 1.23. The molecule has 1 aromatic carbocycles. The molecule has 1 fully saturated rings. The van der Waals surface area contributed by atoms with Crippen LogP contribution in [-0.4, -0.2) is 43.1 Å². The highest BCUT2D eigenvalue weighted by Crippen LogP contribution is 2.20. The van der Waals surface area contributed by atoms with Crippen LogP contribution in [0.2, 0.25) is 0 Å². The van der Waals surface area contributed by atoms with E-state index in [2.05, 4.69) is 32.2 Å². The molecule has 1 saturated heterocycles. The van der Waals surface area contributed by atoms with Gasteiger partial charge in [-0.2, -0.15) is 0 Å². The molecule has 130 valence electrons. The van der Waals surface area contributed by atoms with Crippen molar-refractivity contribution in [3.63, 3.8) is 0 Å². The fourth-order valence-electron chi connectivity index (χ4n) is 2.85. The fourth-order valence-corrected chi connectivity index (χ4v) is 2.85. The first-order valence-electron chi connectivity index (χ1n) is 8.34. The van der Waals surface area contributed by atoms with Gasteiger partial charge in [-0.05, 0) is 43.0 Å². The minimum absolute atomic E-state index is 0. The standard InChI is InChI=1S/C18H28N2O2.ClH/c1-4-10-20(16-8-9-19-12-16)18(21)13-22-17-7-5-6-15(11-17)14(2)3;/h5-7,11,14,16,19H,4,8-10,12-13H2,1-3H3;1H. The summed E-state index contributed by atoms with van der Waals surface area (Å²) in [5.74, 6) is 1.33. The van der Waals surface area contributed by atoms with Crippen LogP contribution in [0.15, 0.2) is 24.3 Å². The first kappa shape index (κ1) is 19.8. The van der Waals surface area contributed by atoms with Crippen molar-refractivity contribution in [3.05, 3.63) is 29.8 Å². The molecular weight excluding hydrogens is 312 g/mol. The molecule has 23 heavy (non-hydrogen) atoms.